The van der Waals surface area contributed by atoms with Crippen molar-refractivity contribution in [3.63, 3.8) is 0 Å². The third-order valence-corrected chi connectivity index (χ3v) is 2.74. The van der Waals surface area contributed by atoms with Crippen molar-refractivity contribution in [1.29, 1.82) is 0 Å². The zero-order valence-corrected chi connectivity index (χ0v) is 9.03. The van der Waals surface area contributed by atoms with Crippen LogP contribution >= 0.6 is 23.2 Å². The Morgan fingerprint density at radius 3 is 2.64 bits per heavy atom. The molecule has 2 nitrogen and oxygen atoms in total. The maximum atomic E-state index is 13.0. The molecule has 0 heterocycles. The van der Waals surface area contributed by atoms with Crippen LogP contribution in [-0.4, -0.2) is 18.8 Å². The number of halogens is 3. The SMILES string of the molecule is CNC(CO)c1cc(F)cc(Cl)c1Cl. The molecule has 0 aliphatic heterocycles. The van der Waals surface area contributed by atoms with Crippen LogP contribution in [0.25, 0.3) is 0 Å². The van der Waals surface area contributed by atoms with Crippen LogP contribution in [0.5, 0.6) is 0 Å². The molecule has 14 heavy (non-hydrogen) atoms. The average Bonchev–Trinajstić information content (AvgIpc) is 2.15. The van der Waals surface area contributed by atoms with Gasteiger partial charge in [-0.2, -0.15) is 0 Å². The van der Waals surface area contributed by atoms with E-state index >= 15 is 0 Å². The maximum Gasteiger partial charge on any atom is 0.125 e. The Labute approximate surface area is 91.6 Å². The number of hydrogen-bond acceptors (Lipinski definition) is 2. The number of likely N-dealkylation sites (N-methyl/N-ethyl adjacent to an activating group) is 1. The summed E-state index contributed by atoms with van der Waals surface area (Å²) in [6.45, 7) is -0.171. The van der Waals surface area contributed by atoms with Gasteiger partial charge in [0.05, 0.1) is 22.7 Å². The van der Waals surface area contributed by atoms with Gasteiger partial charge in [-0.05, 0) is 24.7 Å². The van der Waals surface area contributed by atoms with Crippen molar-refractivity contribution in [2.75, 3.05) is 13.7 Å². The second-order valence-electron chi connectivity index (χ2n) is 2.81. The van der Waals surface area contributed by atoms with Crippen molar-refractivity contribution in [2.24, 2.45) is 0 Å². The molecule has 1 rings (SSSR count). The first-order chi connectivity index (χ1) is 6.60. The highest BCUT2D eigenvalue weighted by atomic mass is 35.5. The van der Waals surface area contributed by atoms with Crippen LogP contribution in [0.3, 0.4) is 0 Å². The lowest BCUT2D eigenvalue weighted by atomic mass is 10.1. The highest BCUT2D eigenvalue weighted by Gasteiger charge is 2.15. The van der Waals surface area contributed by atoms with Gasteiger partial charge < -0.3 is 10.4 Å². The molecule has 0 amide bonds. The van der Waals surface area contributed by atoms with Crippen LogP contribution in [-0.2, 0) is 0 Å². The van der Waals surface area contributed by atoms with Gasteiger partial charge in [-0.15, -0.1) is 0 Å². The van der Waals surface area contributed by atoms with Crippen LogP contribution in [0.4, 0.5) is 4.39 Å². The summed E-state index contributed by atoms with van der Waals surface area (Å²) >= 11 is 11.6. The predicted octanol–water partition coefficient (Wildman–Crippen LogP) is 2.39. The van der Waals surface area contributed by atoms with Gasteiger partial charge in [-0.3, -0.25) is 0 Å². The van der Waals surface area contributed by atoms with E-state index in [9.17, 15) is 4.39 Å². The van der Waals surface area contributed by atoms with Gasteiger partial charge in [0, 0.05) is 0 Å². The minimum atomic E-state index is -0.469. The molecule has 0 fully saturated rings. The molecule has 0 bridgehead atoms. The highest BCUT2D eigenvalue weighted by molar-refractivity contribution is 6.42. The quantitative estimate of drug-likeness (QED) is 0.792. The number of benzene rings is 1. The van der Waals surface area contributed by atoms with Crippen molar-refractivity contribution in [3.8, 4) is 0 Å². The molecule has 0 aliphatic carbocycles. The van der Waals surface area contributed by atoms with Crippen molar-refractivity contribution in [1.82, 2.24) is 5.32 Å². The average molecular weight is 238 g/mol. The Bertz CT molecular complexity index is 329. The van der Waals surface area contributed by atoms with E-state index in [1.807, 2.05) is 0 Å². The minimum absolute atomic E-state index is 0.148. The fraction of sp³-hybridized carbons (Fsp3) is 0.333. The summed E-state index contributed by atoms with van der Waals surface area (Å²) in [5, 5.41) is 12.2. The zero-order chi connectivity index (χ0) is 10.7. The zero-order valence-electron chi connectivity index (χ0n) is 7.52. The molecule has 2 N–H and O–H groups in total. The number of rotatable bonds is 3. The number of aliphatic hydroxyl groups is 1. The molecule has 0 spiro atoms. The fourth-order valence-electron chi connectivity index (χ4n) is 1.17. The maximum absolute atomic E-state index is 13.0. The number of aliphatic hydroxyl groups excluding tert-OH is 1. The Hall–Kier alpha value is -0.350. The molecule has 1 unspecified atom stereocenters. The lowest BCUT2D eigenvalue weighted by Gasteiger charge is -2.15. The molecular formula is C9H10Cl2FNO. The summed E-state index contributed by atoms with van der Waals surface area (Å²) in [4.78, 5) is 0. The van der Waals surface area contributed by atoms with Crippen LogP contribution in [0.1, 0.15) is 11.6 Å². The van der Waals surface area contributed by atoms with Gasteiger partial charge in [0.2, 0.25) is 0 Å². The van der Waals surface area contributed by atoms with Crippen molar-refractivity contribution >= 4 is 23.2 Å². The third kappa shape index (κ3) is 2.36. The molecule has 0 saturated carbocycles. The lowest BCUT2D eigenvalue weighted by molar-refractivity contribution is 0.251. The third-order valence-electron chi connectivity index (χ3n) is 1.93. The molecule has 1 aromatic carbocycles. The van der Waals surface area contributed by atoms with Crippen LogP contribution in [0, 0.1) is 5.82 Å². The minimum Gasteiger partial charge on any atom is -0.394 e. The smallest absolute Gasteiger partial charge is 0.125 e. The molecule has 5 heteroatoms. The van der Waals surface area contributed by atoms with Gasteiger partial charge >= 0.3 is 0 Å². The molecule has 78 valence electrons. The van der Waals surface area contributed by atoms with Crippen molar-refractivity contribution in [2.45, 2.75) is 6.04 Å². The van der Waals surface area contributed by atoms with Gasteiger partial charge in [0.25, 0.3) is 0 Å². The Morgan fingerprint density at radius 2 is 2.14 bits per heavy atom. The van der Waals surface area contributed by atoms with E-state index in [1.165, 1.54) is 6.07 Å². The van der Waals surface area contributed by atoms with Crippen molar-refractivity contribution in [3.05, 3.63) is 33.6 Å². The van der Waals surface area contributed by atoms with E-state index in [0.717, 1.165) is 6.07 Å². The van der Waals surface area contributed by atoms with E-state index in [0.29, 0.717) is 5.56 Å². The van der Waals surface area contributed by atoms with Gasteiger partial charge in [0.1, 0.15) is 5.82 Å². The lowest BCUT2D eigenvalue weighted by Crippen LogP contribution is -2.20. The van der Waals surface area contributed by atoms with E-state index in [4.69, 9.17) is 28.3 Å². The molecule has 0 saturated heterocycles. The summed E-state index contributed by atoms with van der Waals surface area (Å²) in [6, 6.07) is 1.99. The monoisotopic (exact) mass is 237 g/mol. The topological polar surface area (TPSA) is 32.3 Å². The van der Waals surface area contributed by atoms with E-state index < -0.39 is 11.9 Å². The molecule has 0 aromatic heterocycles. The second kappa shape index (κ2) is 4.94. The molecule has 0 aliphatic rings. The summed E-state index contributed by atoms with van der Waals surface area (Å²) in [6.07, 6.45) is 0. The second-order valence-corrected chi connectivity index (χ2v) is 3.60. The highest BCUT2D eigenvalue weighted by Crippen LogP contribution is 2.30. The summed E-state index contributed by atoms with van der Waals surface area (Å²) in [7, 11) is 1.65. The molecule has 1 aromatic rings. The normalized spacial score (nSPS) is 12.9. The van der Waals surface area contributed by atoms with Gasteiger partial charge in [-0.1, -0.05) is 23.2 Å². The Balaban J connectivity index is 3.18. The predicted molar refractivity (Wildman–Crippen MR) is 55.3 cm³/mol. The van der Waals surface area contributed by atoms with E-state index in [1.54, 1.807) is 7.05 Å². The Kier molecular flexibility index (Phi) is 4.13. The standard InChI is InChI=1S/C9H10Cl2FNO/c1-13-8(4-14)6-2-5(12)3-7(10)9(6)11/h2-3,8,13-14H,4H2,1H3. The summed E-state index contributed by atoms with van der Waals surface area (Å²) in [5.41, 5.74) is 0.460. The molecule has 1 atom stereocenters. The largest absolute Gasteiger partial charge is 0.394 e. The fourth-order valence-corrected chi connectivity index (χ4v) is 1.63. The first kappa shape index (κ1) is 11.7. The molecular weight excluding hydrogens is 228 g/mol. The molecule has 0 radical (unpaired) electrons. The van der Waals surface area contributed by atoms with E-state index in [2.05, 4.69) is 5.32 Å². The first-order valence-electron chi connectivity index (χ1n) is 4.02. The Morgan fingerprint density at radius 1 is 1.50 bits per heavy atom. The number of hydrogen-bond donors (Lipinski definition) is 2. The van der Waals surface area contributed by atoms with E-state index in [-0.39, 0.29) is 16.7 Å². The number of nitrogens with one attached hydrogen (secondary N) is 1. The van der Waals surface area contributed by atoms with Crippen molar-refractivity contribution < 1.29 is 9.50 Å². The first-order valence-corrected chi connectivity index (χ1v) is 4.78. The van der Waals surface area contributed by atoms with Gasteiger partial charge in [0.15, 0.2) is 0 Å². The van der Waals surface area contributed by atoms with Gasteiger partial charge in [-0.25, -0.2) is 4.39 Å². The van der Waals surface area contributed by atoms with Crippen LogP contribution < -0.4 is 5.32 Å². The summed E-state index contributed by atoms with van der Waals surface area (Å²) < 4.78 is 13.0. The van der Waals surface area contributed by atoms with Crippen LogP contribution in [0.2, 0.25) is 10.0 Å². The van der Waals surface area contributed by atoms with Crippen LogP contribution in [0.15, 0.2) is 12.1 Å². The summed E-state index contributed by atoms with van der Waals surface area (Å²) in [5.74, 6) is -0.469.